The minimum atomic E-state index is -4.18. The summed E-state index contributed by atoms with van der Waals surface area (Å²) >= 11 is 0. The number of ketones is 1. The second-order valence-corrected chi connectivity index (χ2v) is 4.41. The highest BCUT2D eigenvalue weighted by Crippen LogP contribution is 2.22. The first kappa shape index (κ1) is 14.4. The molecule has 0 bridgehead atoms. The van der Waals surface area contributed by atoms with Gasteiger partial charge in [-0.2, -0.15) is 13.2 Å². The summed E-state index contributed by atoms with van der Waals surface area (Å²) in [6, 6.07) is 0. The van der Waals surface area contributed by atoms with Crippen molar-refractivity contribution in [1.29, 1.82) is 0 Å². The summed E-state index contributed by atoms with van der Waals surface area (Å²) in [6.45, 7) is 5.25. The average molecular weight is 226 g/mol. The van der Waals surface area contributed by atoms with Crippen LogP contribution in [0.5, 0.6) is 0 Å². The van der Waals surface area contributed by atoms with Crippen LogP contribution in [-0.4, -0.2) is 24.2 Å². The van der Waals surface area contributed by atoms with Crippen molar-refractivity contribution < 1.29 is 22.7 Å². The molecule has 5 heteroatoms. The Morgan fingerprint density at radius 3 is 2.13 bits per heavy atom. The zero-order chi connectivity index (χ0) is 12.1. The van der Waals surface area contributed by atoms with E-state index in [1.165, 1.54) is 0 Å². The molecule has 0 saturated carbocycles. The van der Waals surface area contributed by atoms with Gasteiger partial charge in [-0.15, -0.1) is 0 Å². The van der Waals surface area contributed by atoms with E-state index >= 15 is 0 Å². The van der Waals surface area contributed by atoms with Gasteiger partial charge in [0.1, 0.15) is 6.61 Å². The Kier molecular flexibility index (Phi) is 5.28. The fraction of sp³-hybridized carbons (Fsp3) is 0.900. The van der Waals surface area contributed by atoms with Crippen molar-refractivity contribution >= 4 is 5.78 Å². The highest BCUT2D eigenvalue weighted by Gasteiger charge is 2.26. The first-order valence-electron chi connectivity index (χ1n) is 4.82. The number of ether oxygens (including phenoxy) is 1. The summed E-state index contributed by atoms with van der Waals surface area (Å²) in [5, 5.41) is 0. The quantitative estimate of drug-likeness (QED) is 0.720. The Labute approximate surface area is 87.8 Å². The van der Waals surface area contributed by atoms with Crippen molar-refractivity contribution in [2.45, 2.75) is 51.8 Å². The van der Waals surface area contributed by atoms with E-state index in [2.05, 4.69) is 0 Å². The Balaban J connectivity index is 3.60. The summed E-state index contributed by atoms with van der Waals surface area (Å²) in [5.74, 6) is -0.283. The van der Waals surface area contributed by atoms with E-state index in [0.29, 0.717) is 0 Å². The predicted octanol–water partition coefficient (Wildman–Crippen LogP) is 3.10. The summed E-state index contributed by atoms with van der Waals surface area (Å²) < 4.78 is 40.4. The van der Waals surface area contributed by atoms with Gasteiger partial charge in [-0.3, -0.25) is 4.79 Å². The van der Waals surface area contributed by atoms with Gasteiger partial charge in [0, 0.05) is 12.8 Å². The molecule has 0 aliphatic carbocycles. The Hall–Kier alpha value is -0.580. The molecule has 0 N–H and O–H groups in total. The van der Waals surface area contributed by atoms with Gasteiger partial charge < -0.3 is 4.74 Å². The maximum absolute atomic E-state index is 11.7. The molecule has 0 atom stereocenters. The smallest absolute Gasteiger partial charge is 0.368 e. The third-order valence-corrected chi connectivity index (χ3v) is 1.58. The molecular formula is C10H17F3O2. The third-order valence-electron chi connectivity index (χ3n) is 1.58. The Morgan fingerprint density at radius 2 is 1.73 bits per heavy atom. The number of carbonyl (C=O) groups excluding carboxylic acids is 1. The second kappa shape index (κ2) is 5.49. The summed E-state index contributed by atoms with van der Waals surface area (Å²) in [4.78, 5) is 11.1. The van der Waals surface area contributed by atoms with E-state index < -0.39 is 18.2 Å². The molecule has 0 rings (SSSR count). The van der Waals surface area contributed by atoms with Crippen molar-refractivity contribution in [3.05, 3.63) is 0 Å². The molecule has 0 saturated heterocycles. The van der Waals surface area contributed by atoms with Crippen LogP contribution in [0.15, 0.2) is 0 Å². The number of Topliss-reactive ketones (excluding diaryl/α,β-unsaturated/α-hetero) is 1. The van der Waals surface area contributed by atoms with Crippen LogP contribution in [0.3, 0.4) is 0 Å². The highest BCUT2D eigenvalue weighted by molar-refractivity contribution is 5.79. The van der Waals surface area contributed by atoms with E-state index in [9.17, 15) is 18.0 Å². The van der Waals surface area contributed by atoms with Crippen LogP contribution >= 0.6 is 0 Å². The SMILES string of the molecule is CC(C)(C)OCC(=O)CCCC(F)(F)F. The number of rotatable bonds is 5. The summed E-state index contributed by atoms with van der Waals surface area (Å²) in [7, 11) is 0. The monoisotopic (exact) mass is 226 g/mol. The maximum Gasteiger partial charge on any atom is 0.389 e. The molecule has 0 aliphatic rings. The van der Waals surface area contributed by atoms with Crippen LogP contribution in [0.1, 0.15) is 40.0 Å². The number of carbonyl (C=O) groups is 1. The van der Waals surface area contributed by atoms with E-state index in [0.717, 1.165) is 0 Å². The van der Waals surface area contributed by atoms with E-state index in [1.54, 1.807) is 20.8 Å². The minimum absolute atomic E-state index is 0.0738. The lowest BCUT2D eigenvalue weighted by atomic mass is 10.1. The first-order chi connectivity index (χ1) is 6.60. The predicted molar refractivity (Wildman–Crippen MR) is 50.6 cm³/mol. The van der Waals surface area contributed by atoms with Crippen LogP contribution in [0.4, 0.5) is 13.2 Å². The molecule has 0 aliphatic heterocycles. The number of hydrogen-bond acceptors (Lipinski definition) is 2. The lowest BCUT2D eigenvalue weighted by Crippen LogP contribution is -2.23. The van der Waals surface area contributed by atoms with Crippen LogP contribution in [0, 0.1) is 0 Å². The van der Waals surface area contributed by atoms with Crippen LogP contribution in [0.2, 0.25) is 0 Å². The lowest BCUT2D eigenvalue weighted by molar-refractivity contribution is -0.139. The number of halogens is 3. The number of alkyl halides is 3. The second-order valence-electron chi connectivity index (χ2n) is 4.41. The van der Waals surface area contributed by atoms with E-state index in [1.807, 2.05) is 0 Å². The molecule has 0 amide bonds. The van der Waals surface area contributed by atoms with Gasteiger partial charge in [0.2, 0.25) is 0 Å². The molecule has 0 unspecified atom stereocenters. The number of hydrogen-bond donors (Lipinski definition) is 0. The van der Waals surface area contributed by atoms with Gasteiger partial charge >= 0.3 is 6.18 Å². The molecule has 90 valence electrons. The standard InChI is InChI=1S/C10H17F3O2/c1-9(2,3)15-7-8(14)5-4-6-10(11,12)13/h4-7H2,1-3H3. The molecular weight excluding hydrogens is 209 g/mol. The minimum Gasteiger partial charge on any atom is -0.368 e. The van der Waals surface area contributed by atoms with Gasteiger partial charge in [0.25, 0.3) is 0 Å². The van der Waals surface area contributed by atoms with E-state index in [-0.39, 0.29) is 25.2 Å². The first-order valence-corrected chi connectivity index (χ1v) is 4.82. The molecule has 2 nitrogen and oxygen atoms in total. The molecule has 0 spiro atoms. The van der Waals surface area contributed by atoms with Crippen molar-refractivity contribution in [1.82, 2.24) is 0 Å². The van der Waals surface area contributed by atoms with Crippen molar-refractivity contribution in [3.63, 3.8) is 0 Å². The molecule has 0 aromatic carbocycles. The third kappa shape index (κ3) is 11.3. The summed E-state index contributed by atoms with van der Waals surface area (Å²) in [6.07, 6.45) is -5.31. The normalized spacial score (nSPS) is 12.9. The van der Waals surface area contributed by atoms with Crippen LogP contribution in [-0.2, 0) is 9.53 Å². The van der Waals surface area contributed by atoms with Gasteiger partial charge in [-0.05, 0) is 27.2 Å². The molecule has 0 aromatic rings. The van der Waals surface area contributed by atoms with E-state index in [4.69, 9.17) is 4.74 Å². The molecule has 15 heavy (non-hydrogen) atoms. The van der Waals surface area contributed by atoms with Gasteiger partial charge in [-0.1, -0.05) is 0 Å². The molecule has 0 aromatic heterocycles. The summed E-state index contributed by atoms with van der Waals surface area (Å²) in [5.41, 5.74) is -0.431. The Bertz CT molecular complexity index is 204. The fourth-order valence-corrected chi connectivity index (χ4v) is 0.855. The average Bonchev–Trinajstić information content (AvgIpc) is 1.97. The van der Waals surface area contributed by atoms with Gasteiger partial charge in [0.05, 0.1) is 5.60 Å². The zero-order valence-corrected chi connectivity index (χ0v) is 9.28. The van der Waals surface area contributed by atoms with Crippen LogP contribution in [0.25, 0.3) is 0 Å². The maximum atomic E-state index is 11.7. The Morgan fingerprint density at radius 1 is 1.20 bits per heavy atom. The van der Waals surface area contributed by atoms with Gasteiger partial charge in [0.15, 0.2) is 5.78 Å². The van der Waals surface area contributed by atoms with Crippen molar-refractivity contribution in [2.75, 3.05) is 6.61 Å². The lowest BCUT2D eigenvalue weighted by Gasteiger charge is -2.18. The van der Waals surface area contributed by atoms with Crippen LogP contribution < -0.4 is 0 Å². The van der Waals surface area contributed by atoms with Crippen molar-refractivity contribution in [2.24, 2.45) is 0 Å². The molecule has 0 fully saturated rings. The molecule has 0 radical (unpaired) electrons. The van der Waals surface area contributed by atoms with Gasteiger partial charge in [-0.25, -0.2) is 0 Å². The zero-order valence-electron chi connectivity index (χ0n) is 9.28. The highest BCUT2D eigenvalue weighted by atomic mass is 19.4. The largest absolute Gasteiger partial charge is 0.389 e. The van der Waals surface area contributed by atoms with Crippen molar-refractivity contribution in [3.8, 4) is 0 Å². The fourth-order valence-electron chi connectivity index (χ4n) is 0.855. The topological polar surface area (TPSA) is 26.3 Å². The molecule has 0 heterocycles.